The highest BCUT2D eigenvalue weighted by molar-refractivity contribution is 5.82. The Morgan fingerprint density at radius 2 is 1.83 bits per heavy atom. The van der Waals surface area contributed by atoms with Crippen molar-refractivity contribution in [3.05, 3.63) is 86.7 Å². The van der Waals surface area contributed by atoms with Gasteiger partial charge >= 0.3 is 0 Å². The molecule has 1 heterocycles. The van der Waals surface area contributed by atoms with Crippen LogP contribution in [0.1, 0.15) is 28.0 Å². The van der Waals surface area contributed by atoms with E-state index in [-0.39, 0.29) is 18.0 Å². The average Bonchev–Trinajstić information content (AvgIpc) is 3.14. The van der Waals surface area contributed by atoms with Gasteiger partial charge in [-0.05, 0) is 49.6 Å². The van der Waals surface area contributed by atoms with Crippen LogP contribution in [0.4, 0.5) is 5.69 Å². The third kappa shape index (κ3) is 4.95. The van der Waals surface area contributed by atoms with Gasteiger partial charge < -0.3 is 4.42 Å². The number of nitrogens with one attached hydrogen (secondary N) is 1. The zero-order valence-corrected chi connectivity index (χ0v) is 16.4. The third-order valence-electron chi connectivity index (χ3n) is 4.63. The highest BCUT2D eigenvalue weighted by atomic mass is 16.6. The molecule has 3 rings (SSSR count). The van der Waals surface area contributed by atoms with Crippen molar-refractivity contribution in [1.29, 1.82) is 0 Å². The van der Waals surface area contributed by atoms with Crippen molar-refractivity contribution < 1.29 is 14.1 Å². The van der Waals surface area contributed by atoms with Gasteiger partial charge in [-0.15, -0.1) is 0 Å². The number of benzene rings is 2. The van der Waals surface area contributed by atoms with Crippen LogP contribution < -0.4 is 5.43 Å². The summed E-state index contributed by atoms with van der Waals surface area (Å²) in [7, 11) is 0. The molecule has 3 aromatic rings. The van der Waals surface area contributed by atoms with Gasteiger partial charge in [0.25, 0.3) is 5.69 Å². The maximum atomic E-state index is 12.0. The summed E-state index contributed by atoms with van der Waals surface area (Å²) in [6, 6.07) is 14.2. The maximum absolute atomic E-state index is 12.0. The molecule has 0 fully saturated rings. The van der Waals surface area contributed by atoms with Crippen molar-refractivity contribution in [3.63, 3.8) is 0 Å². The summed E-state index contributed by atoms with van der Waals surface area (Å²) < 4.78 is 5.65. The van der Waals surface area contributed by atoms with Crippen LogP contribution in [0, 0.1) is 30.9 Å². The molecule has 0 bridgehead atoms. The van der Waals surface area contributed by atoms with Gasteiger partial charge in [0.1, 0.15) is 11.5 Å². The normalized spacial score (nSPS) is 11.0. The van der Waals surface area contributed by atoms with Crippen molar-refractivity contribution in [2.75, 3.05) is 0 Å². The van der Waals surface area contributed by atoms with E-state index < -0.39 is 4.92 Å². The number of carbonyl (C=O) groups is 1. The Balaban J connectivity index is 1.63. The van der Waals surface area contributed by atoms with Crippen molar-refractivity contribution in [3.8, 4) is 11.3 Å². The minimum Gasteiger partial charge on any atom is -0.455 e. The fraction of sp³-hybridized carbons (Fsp3) is 0.182. The summed E-state index contributed by atoms with van der Waals surface area (Å²) in [5, 5.41) is 15.0. The van der Waals surface area contributed by atoms with E-state index in [4.69, 9.17) is 4.42 Å². The second-order valence-corrected chi connectivity index (χ2v) is 6.85. The van der Waals surface area contributed by atoms with Gasteiger partial charge in [-0.1, -0.05) is 30.3 Å². The van der Waals surface area contributed by atoms with Crippen LogP contribution in [0.3, 0.4) is 0 Å². The first-order valence-electron chi connectivity index (χ1n) is 9.07. The van der Waals surface area contributed by atoms with E-state index in [2.05, 4.69) is 10.5 Å². The molecule has 1 aromatic heterocycles. The van der Waals surface area contributed by atoms with Crippen LogP contribution in [0.2, 0.25) is 0 Å². The Labute approximate surface area is 168 Å². The molecule has 0 aliphatic heterocycles. The molecule has 2 aromatic carbocycles. The number of furan rings is 1. The lowest BCUT2D eigenvalue weighted by atomic mass is 10.0. The molecule has 0 spiro atoms. The number of hydrogen-bond acceptors (Lipinski definition) is 5. The number of hydrogen-bond donors (Lipinski definition) is 1. The molecular weight excluding hydrogens is 370 g/mol. The molecule has 148 valence electrons. The van der Waals surface area contributed by atoms with Crippen LogP contribution in [-0.4, -0.2) is 17.0 Å². The maximum Gasteiger partial charge on any atom is 0.273 e. The largest absolute Gasteiger partial charge is 0.455 e. The van der Waals surface area contributed by atoms with E-state index in [0.717, 1.165) is 11.1 Å². The molecule has 29 heavy (non-hydrogen) atoms. The van der Waals surface area contributed by atoms with Crippen LogP contribution in [0.25, 0.3) is 11.3 Å². The standard InChI is InChI=1S/C22H21N3O4/c1-14-4-6-17(10-16(14)3)11-22(26)24-23-13-19-8-9-21(29-19)18-7-5-15(2)20(12-18)25(27)28/h4-10,12-13H,11H2,1-3H3,(H,24,26). The number of carbonyl (C=O) groups excluding carboxylic acids is 1. The fourth-order valence-electron chi connectivity index (χ4n) is 2.84. The summed E-state index contributed by atoms with van der Waals surface area (Å²) in [5.74, 6) is 0.677. The lowest BCUT2D eigenvalue weighted by Gasteiger charge is -2.04. The number of aryl methyl sites for hydroxylation is 3. The molecule has 0 saturated carbocycles. The summed E-state index contributed by atoms with van der Waals surface area (Å²) >= 11 is 0. The van der Waals surface area contributed by atoms with Gasteiger partial charge in [0.2, 0.25) is 5.91 Å². The van der Waals surface area contributed by atoms with Crippen molar-refractivity contribution >= 4 is 17.8 Å². The Morgan fingerprint density at radius 1 is 1.07 bits per heavy atom. The molecular formula is C22H21N3O4. The molecule has 1 amide bonds. The van der Waals surface area contributed by atoms with Crippen molar-refractivity contribution in [1.82, 2.24) is 5.43 Å². The molecule has 0 saturated heterocycles. The number of nitro groups is 1. The number of rotatable bonds is 6. The van der Waals surface area contributed by atoms with Gasteiger partial charge in [0.05, 0.1) is 17.6 Å². The minimum absolute atomic E-state index is 0.0349. The molecule has 0 aliphatic carbocycles. The Morgan fingerprint density at radius 3 is 2.55 bits per heavy atom. The monoisotopic (exact) mass is 391 g/mol. The quantitative estimate of drug-likeness (QED) is 0.381. The van der Waals surface area contributed by atoms with Crippen LogP contribution in [0.15, 0.2) is 58.0 Å². The predicted molar refractivity (Wildman–Crippen MR) is 111 cm³/mol. The fourth-order valence-corrected chi connectivity index (χ4v) is 2.84. The third-order valence-corrected chi connectivity index (χ3v) is 4.63. The average molecular weight is 391 g/mol. The summed E-state index contributed by atoms with van der Waals surface area (Å²) in [6.07, 6.45) is 1.62. The first-order chi connectivity index (χ1) is 13.8. The lowest BCUT2D eigenvalue weighted by Crippen LogP contribution is -2.19. The molecule has 0 unspecified atom stereocenters. The minimum atomic E-state index is -0.421. The first kappa shape index (κ1) is 20.0. The zero-order chi connectivity index (χ0) is 21.0. The summed E-state index contributed by atoms with van der Waals surface area (Å²) in [4.78, 5) is 22.7. The molecule has 0 aliphatic rings. The summed E-state index contributed by atoms with van der Waals surface area (Å²) in [6.45, 7) is 5.71. The van der Waals surface area contributed by atoms with E-state index in [0.29, 0.717) is 22.6 Å². The SMILES string of the molecule is Cc1ccc(CC(=O)NN=Cc2ccc(-c3ccc(C)c([N+](=O)[O-])c3)o2)cc1C. The van der Waals surface area contributed by atoms with Gasteiger partial charge in [0, 0.05) is 17.2 Å². The Kier molecular flexibility index (Phi) is 5.87. The number of hydrazone groups is 1. The highest BCUT2D eigenvalue weighted by Crippen LogP contribution is 2.27. The summed E-state index contributed by atoms with van der Waals surface area (Å²) in [5.41, 5.74) is 6.93. The predicted octanol–water partition coefficient (Wildman–Crippen LogP) is 4.47. The van der Waals surface area contributed by atoms with Gasteiger partial charge in [0.15, 0.2) is 0 Å². The van der Waals surface area contributed by atoms with Crippen molar-refractivity contribution in [2.24, 2.45) is 5.10 Å². The van der Waals surface area contributed by atoms with E-state index in [1.54, 1.807) is 31.2 Å². The van der Waals surface area contributed by atoms with E-state index in [1.807, 2.05) is 32.0 Å². The second kappa shape index (κ2) is 8.52. The van der Waals surface area contributed by atoms with Gasteiger partial charge in [-0.25, -0.2) is 5.43 Å². The molecule has 7 nitrogen and oxygen atoms in total. The first-order valence-corrected chi connectivity index (χ1v) is 9.07. The Bertz CT molecular complexity index is 1100. The topological polar surface area (TPSA) is 97.7 Å². The van der Waals surface area contributed by atoms with Crippen molar-refractivity contribution in [2.45, 2.75) is 27.2 Å². The van der Waals surface area contributed by atoms with E-state index >= 15 is 0 Å². The smallest absolute Gasteiger partial charge is 0.273 e. The highest BCUT2D eigenvalue weighted by Gasteiger charge is 2.13. The van der Waals surface area contributed by atoms with Crippen LogP contribution in [-0.2, 0) is 11.2 Å². The van der Waals surface area contributed by atoms with Gasteiger partial charge in [-0.2, -0.15) is 5.10 Å². The molecule has 0 atom stereocenters. The number of amides is 1. The zero-order valence-electron chi connectivity index (χ0n) is 16.4. The molecule has 1 N–H and O–H groups in total. The number of nitro benzene ring substituents is 1. The van der Waals surface area contributed by atoms with Crippen LogP contribution in [0.5, 0.6) is 0 Å². The van der Waals surface area contributed by atoms with E-state index in [9.17, 15) is 14.9 Å². The molecule has 0 radical (unpaired) electrons. The van der Waals surface area contributed by atoms with Crippen LogP contribution >= 0.6 is 0 Å². The second-order valence-electron chi connectivity index (χ2n) is 6.85. The van der Waals surface area contributed by atoms with E-state index in [1.165, 1.54) is 17.8 Å². The van der Waals surface area contributed by atoms with Gasteiger partial charge in [-0.3, -0.25) is 14.9 Å². The molecule has 7 heteroatoms. The lowest BCUT2D eigenvalue weighted by molar-refractivity contribution is -0.385. The Hall–Kier alpha value is -3.74. The number of nitrogens with zero attached hydrogens (tertiary/aromatic N) is 2.